The molecule has 0 aliphatic rings. The van der Waals surface area contributed by atoms with Crippen LogP contribution in [0.1, 0.15) is 0 Å². The van der Waals surface area contributed by atoms with Gasteiger partial charge in [0, 0.05) is 36.6 Å². The fraction of sp³-hybridized carbons (Fsp3) is 0. The Morgan fingerprint density at radius 1 is 1.44 bits per heavy atom. The largest absolute Gasteiger partial charge is 0.618 e. The summed E-state index contributed by atoms with van der Waals surface area (Å²) >= 11 is 3.85. The molecule has 2 nitrogen and oxygen atoms in total. The van der Waals surface area contributed by atoms with Crippen molar-refractivity contribution in [2.75, 3.05) is 0 Å². The van der Waals surface area contributed by atoms with E-state index in [-0.39, 0.29) is 24.4 Å². The number of nitrogens with zero attached hydrogens (tertiary/aromatic N) is 1. The Kier molecular flexibility index (Phi) is 4.07. The van der Waals surface area contributed by atoms with Gasteiger partial charge in [0.2, 0.25) is 5.03 Å². The zero-order valence-electron chi connectivity index (χ0n) is 4.56. The first-order valence-corrected chi connectivity index (χ1v) is 2.62. The van der Waals surface area contributed by atoms with E-state index in [1.165, 1.54) is 6.20 Å². The smallest absolute Gasteiger partial charge is 0.248 e. The van der Waals surface area contributed by atoms with Crippen LogP contribution in [-0.4, -0.2) is 24.4 Å². The van der Waals surface area contributed by atoms with Crippen molar-refractivity contribution in [2.45, 2.75) is 5.03 Å². The van der Waals surface area contributed by atoms with E-state index in [1.807, 2.05) is 0 Å². The first kappa shape index (κ1) is 9.12. The molecule has 0 N–H and O–H groups in total. The first-order valence-electron chi connectivity index (χ1n) is 2.18. The number of pyridine rings is 1. The van der Waals surface area contributed by atoms with Gasteiger partial charge in [-0.2, -0.15) is 4.73 Å². The van der Waals surface area contributed by atoms with E-state index in [1.54, 1.807) is 18.2 Å². The van der Waals surface area contributed by atoms with Crippen molar-refractivity contribution in [3.63, 3.8) is 0 Å². The van der Waals surface area contributed by atoms with Gasteiger partial charge < -0.3 is 5.21 Å². The molecule has 0 bridgehead atoms. The van der Waals surface area contributed by atoms with Crippen molar-refractivity contribution in [1.29, 1.82) is 0 Å². The van der Waals surface area contributed by atoms with Crippen molar-refractivity contribution >= 4 is 37.1 Å². The summed E-state index contributed by atoms with van der Waals surface area (Å²) in [6.45, 7) is 0. The van der Waals surface area contributed by atoms with Crippen molar-refractivity contribution < 1.29 is 4.73 Å². The second-order valence-corrected chi connectivity index (χ2v) is 1.84. The third-order valence-corrected chi connectivity index (χ3v) is 1.15. The Hall–Kier alpha value is 0.118. The summed E-state index contributed by atoms with van der Waals surface area (Å²) in [7, 11) is 0. The topological polar surface area (TPSA) is 26.9 Å². The predicted molar refractivity (Wildman–Crippen MR) is 38.4 cm³/mol. The maximum Gasteiger partial charge on any atom is 0.248 e. The minimum Gasteiger partial charge on any atom is -0.618 e. The molecule has 0 unspecified atom stereocenters. The molecule has 0 amide bonds. The molecular weight excluding hydrogens is 244 g/mol. The minimum atomic E-state index is 0. The monoisotopic (exact) mass is 248 g/mol. The Morgan fingerprint density at radius 2 is 2.11 bits per heavy atom. The Balaban J connectivity index is 0.000000640. The number of hydrogen-bond acceptors (Lipinski definition) is 2. The molecule has 0 aliphatic heterocycles. The fourth-order valence-corrected chi connectivity index (χ4v) is 0.572. The second kappa shape index (κ2) is 4.02. The normalized spacial score (nSPS) is 8.11. The molecule has 0 aromatic carbocycles. The summed E-state index contributed by atoms with van der Waals surface area (Å²) in [6.07, 6.45) is 1.41. The number of aromatic nitrogens is 1. The molecule has 0 atom stereocenters. The zero-order valence-corrected chi connectivity index (χ0v) is 8.01. The van der Waals surface area contributed by atoms with Crippen LogP contribution in [0.3, 0.4) is 0 Å². The summed E-state index contributed by atoms with van der Waals surface area (Å²) in [6, 6.07) is 5.06. The van der Waals surface area contributed by atoms with Crippen LogP contribution in [0.5, 0.6) is 0 Å². The van der Waals surface area contributed by atoms with Crippen molar-refractivity contribution in [3.05, 3.63) is 29.6 Å². The average molecular weight is 249 g/mol. The number of hydrogen-bond donors (Lipinski definition) is 1. The molecule has 0 saturated heterocycles. The molecule has 1 rings (SSSR count). The Morgan fingerprint density at radius 3 is 2.44 bits per heavy atom. The molecule has 0 fully saturated rings. The van der Waals surface area contributed by atoms with E-state index < -0.39 is 0 Å². The van der Waals surface area contributed by atoms with Gasteiger partial charge in [0.1, 0.15) is 0 Å². The third-order valence-electron chi connectivity index (χ3n) is 0.804. The van der Waals surface area contributed by atoms with Crippen LogP contribution in [0.25, 0.3) is 0 Å². The number of thiol groups is 1. The summed E-state index contributed by atoms with van der Waals surface area (Å²) in [5.74, 6) is 0. The Bertz CT molecular complexity index is 173. The predicted octanol–water partition coefficient (Wildman–Crippen LogP) is 0.228. The van der Waals surface area contributed by atoms with Crippen LogP contribution in [-0.2, 0) is 0 Å². The van der Waals surface area contributed by atoms with Crippen LogP contribution in [0.15, 0.2) is 29.4 Å². The van der Waals surface area contributed by atoms with Gasteiger partial charge in [0.25, 0.3) is 0 Å². The Labute approximate surface area is 76.3 Å². The maximum absolute atomic E-state index is 10.5. The summed E-state index contributed by atoms with van der Waals surface area (Å²) in [4.78, 5) is 0. The maximum atomic E-state index is 10.5. The number of rotatable bonds is 0. The van der Waals surface area contributed by atoms with Crippen LogP contribution < -0.4 is 4.73 Å². The summed E-state index contributed by atoms with van der Waals surface area (Å²) < 4.78 is 0.698. The molecule has 1 heterocycles. The van der Waals surface area contributed by atoms with Gasteiger partial charge in [0.05, 0.1) is 0 Å². The molecule has 4 heteroatoms. The van der Waals surface area contributed by atoms with E-state index in [0.29, 0.717) is 9.76 Å². The van der Waals surface area contributed by atoms with Crippen LogP contribution in [0.2, 0.25) is 0 Å². The van der Waals surface area contributed by atoms with Gasteiger partial charge in [-0.25, -0.2) is 0 Å². The first-order chi connectivity index (χ1) is 3.80. The minimum absolute atomic E-state index is 0. The summed E-state index contributed by atoms with van der Waals surface area (Å²) in [5.41, 5.74) is 0. The molecule has 47 valence electrons. The van der Waals surface area contributed by atoms with Crippen LogP contribution >= 0.6 is 12.6 Å². The molecular formula is C5H5NOSSb. The second-order valence-electron chi connectivity index (χ2n) is 1.38. The van der Waals surface area contributed by atoms with Gasteiger partial charge in [-0.3, -0.25) is 0 Å². The van der Waals surface area contributed by atoms with E-state index in [2.05, 4.69) is 12.6 Å². The zero-order chi connectivity index (χ0) is 5.98. The molecule has 3 radical (unpaired) electrons. The van der Waals surface area contributed by atoms with Crippen LogP contribution in [0, 0.1) is 5.21 Å². The van der Waals surface area contributed by atoms with E-state index >= 15 is 0 Å². The van der Waals surface area contributed by atoms with E-state index in [4.69, 9.17) is 0 Å². The van der Waals surface area contributed by atoms with Crippen LogP contribution in [0.4, 0.5) is 0 Å². The quantitative estimate of drug-likeness (QED) is 0.303. The molecule has 0 spiro atoms. The van der Waals surface area contributed by atoms with Gasteiger partial charge in [-0.15, -0.1) is 0 Å². The fourth-order valence-electron chi connectivity index (χ4n) is 0.419. The summed E-state index contributed by atoms with van der Waals surface area (Å²) in [5, 5.41) is 10.9. The SMILES string of the molecule is [O-][n+]1ccccc1S.[Sb]. The van der Waals surface area contributed by atoms with Gasteiger partial charge in [-0.05, 0) is 6.07 Å². The van der Waals surface area contributed by atoms with Crippen molar-refractivity contribution in [1.82, 2.24) is 0 Å². The molecule has 0 saturated carbocycles. The molecule has 1 aromatic heterocycles. The molecule has 9 heavy (non-hydrogen) atoms. The van der Waals surface area contributed by atoms with E-state index in [0.717, 1.165) is 0 Å². The van der Waals surface area contributed by atoms with Gasteiger partial charge in [-0.1, -0.05) is 12.6 Å². The van der Waals surface area contributed by atoms with E-state index in [9.17, 15) is 5.21 Å². The van der Waals surface area contributed by atoms with Crippen molar-refractivity contribution in [3.8, 4) is 0 Å². The molecule has 0 aliphatic carbocycles. The van der Waals surface area contributed by atoms with Crippen molar-refractivity contribution in [2.24, 2.45) is 0 Å². The van der Waals surface area contributed by atoms with Gasteiger partial charge >= 0.3 is 0 Å². The molecule has 1 aromatic rings. The third kappa shape index (κ3) is 2.46. The van der Waals surface area contributed by atoms with Gasteiger partial charge in [0.15, 0.2) is 6.20 Å². The standard InChI is InChI=1S/C5H5NOS.Sb/c7-6-4-2-1-3-5(6)8;/h1-4,8H;. The average Bonchev–Trinajstić information content (AvgIpc) is 1.77.